The number of carboxylic acid groups (broad SMARTS) is 1. The Kier molecular flexibility index (Phi) is 12.3. The van der Waals surface area contributed by atoms with E-state index in [-0.39, 0.29) is 26.2 Å². The third-order valence-electron chi connectivity index (χ3n) is 7.70. The van der Waals surface area contributed by atoms with Crippen LogP contribution < -0.4 is 0 Å². The van der Waals surface area contributed by atoms with E-state index >= 15 is 4.39 Å². The number of azide groups is 3. The molecule has 1 heterocycles. The molecule has 1 aliphatic carbocycles. The van der Waals surface area contributed by atoms with Gasteiger partial charge in [0.05, 0.1) is 50.5 Å². The molecule has 2 aromatic carbocycles. The Bertz CT molecular complexity index is 1410. The van der Waals surface area contributed by atoms with E-state index in [0.717, 1.165) is 5.56 Å². The Hall–Kier alpha value is -4.43. The molecular formula is C28H32FN9O7. The molecule has 4 rings (SSSR count). The van der Waals surface area contributed by atoms with E-state index in [1.54, 1.807) is 48.5 Å². The van der Waals surface area contributed by atoms with Crippen molar-refractivity contribution in [2.75, 3.05) is 6.54 Å². The van der Waals surface area contributed by atoms with E-state index in [0.29, 0.717) is 5.56 Å². The molecule has 0 bridgehead atoms. The third kappa shape index (κ3) is 8.82. The number of nitrogens with zero attached hydrogens (tertiary/aromatic N) is 9. The van der Waals surface area contributed by atoms with Crippen LogP contribution in [0.4, 0.5) is 4.39 Å². The minimum atomic E-state index is -1.90. The molecule has 0 aromatic heterocycles. The van der Waals surface area contributed by atoms with Crippen molar-refractivity contribution in [3.8, 4) is 0 Å². The van der Waals surface area contributed by atoms with Gasteiger partial charge in [-0.05, 0) is 34.1 Å². The second-order valence-corrected chi connectivity index (χ2v) is 10.6. The summed E-state index contributed by atoms with van der Waals surface area (Å²) in [5.74, 6) is -2.39. The van der Waals surface area contributed by atoms with Crippen molar-refractivity contribution < 1.29 is 38.3 Å². The summed E-state index contributed by atoms with van der Waals surface area (Å²) < 4.78 is 40.7. The Morgan fingerprint density at radius 1 is 0.889 bits per heavy atom. The normalized spacial score (nSPS) is 31.1. The lowest BCUT2D eigenvalue weighted by atomic mass is 9.76. The maximum atomic E-state index is 16.5. The number of rotatable bonds is 14. The van der Waals surface area contributed by atoms with Crippen LogP contribution in [0.5, 0.6) is 0 Å². The minimum Gasteiger partial charge on any atom is -0.481 e. The maximum Gasteiger partial charge on any atom is 0.303 e. The van der Waals surface area contributed by atoms with Gasteiger partial charge in [0, 0.05) is 26.7 Å². The van der Waals surface area contributed by atoms with Gasteiger partial charge in [-0.1, -0.05) is 76.0 Å². The van der Waals surface area contributed by atoms with E-state index in [1.807, 2.05) is 12.1 Å². The monoisotopic (exact) mass is 625 g/mol. The zero-order valence-corrected chi connectivity index (χ0v) is 23.9. The second-order valence-electron chi connectivity index (χ2n) is 10.6. The minimum absolute atomic E-state index is 0.0109. The van der Waals surface area contributed by atoms with Crippen LogP contribution in [0.2, 0.25) is 0 Å². The number of hydrogen-bond acceptors (Lipinski definition) is 9. The summed E-state index contributed by atoms with van der Waals surface area (Å²) in [5, 5.41) is 31.6. The number of benzene rings is 2. The van der Waals surface area contributed by atoms with Gasteiger partial charge >= 0.3 is 5.97 Å². The molecule has 10 atom stereocenters. The number of carbonyl (C=O) groups is 1. The largest absolute Gasteiger partial charge is 0.481 e. The molecule has 45 heavy (non-hydrogen) atoms. The first-order valence-electron chi connectivity index (χ1n) is 14.1. The van der Waals surface area contributed by atoms with Crippen molar-refractivity contribution in [1.29, 1.82) is 0 Å². The SMILES string of the molecule is [N-]=[N+]=NC[C@H]1O[C@H](O[C@H]2[C@@H](O)[C@@H](CC(=O)O)[C@H](N=[N+]=[N-])C[C@@H]2N=[N+]=[N-])[C@H](OCc2ccccc2)[C@H](F)[C@@H]1OCc1ccccc1. The highest BCUT2D eigenvalue weighted by Gasteiger charge is 2.52. The molecule has 16 nitrogen and oxygen atoms in total. The lowest BCUT2D eigenvalue weighted by molar-refractivity contribution is -0.323. The summed E-state index contributed by atoms with van der Waals surface area (Å²) in [4.78, 5) is 19.9. The fourth-order valence-electron chi connectivity index (χ4n) is 5.56. The molecule has 0 amide bonds. The van der Waals surface area contributed by atoms with Crippen molar-refractivity contribution >= 4 is 5.97 Å². The van der Waals surface area contributed by atoms with E-state index in [9.17, 15) is 20.5 Å². The highest BCUT2D eigenvalue weighted by molar-refractivity contribution is 5.67. The first-order chi connectivity index (χ1) is 21.9. The van der Waals surface area contributed by atoms with Crippen molar-refractivity contribution in [2.24, 2.45) is 21.3 Å². The summed E-state index contributed by atoms with van der Waals surface area (Å²) in [5.41, 5.74) is 28.7. The number of hydrogen-bond donors (Lipinski definition) is 2. The smallest absolute Gasteiger partial charge is 0.303 e. The van der Waals surface area contributed by atoms with Gasteiger partial charge < -0.3 is 29.2 Å². The highest BCUT2D eigenvalue weighted by Crippen LogP contribution is 2.38. The van der Waals surface area contributed by atoms with Crippen molar-refractivity contribution in [2.45, 2.75) is 81.1 Å². The van der Waals surface area contributed by atoms with Crippen molar-refractivity contribution in [3.05, 3.63) is 103 Å². The zero-order chi connectivity index (χ0) is 32.2. The Morgan fingerprint density at radius 2 is 1.47 bits per heavy atom. The number of aliphatic carboxylic acids is 1. The Morgan fingerprint density at radius 3 is 2.02 bits per heavy atom. The van der Waals surface area contributed by atoms with Gasteiger partial charge in [0.2, 0.25) is 0 Å². The van der Waals surface area contributed by atoms with Crippen molar-refractivity contribution in [3.63, 3.8) is 0 Å². The number of aliphatic hydroxyl groups is 1. The molecule has 17 heteroatoms. The van der Waals surface area contributed by atoms with Crippen LogP contribution in [-0.2, 0) is 37.0 Å². The molecule has 2 N–H and O–H groups in total. The predicted octanol–water partition coefficient (Wildman–Crippen LogP) is 5.13. The van der Waals surface area contributed by atoms with Crippen LogP contribution in [0, 0.1) is 5.92 Å². The first kappa shape index (κ1) is 33.5. The van der Waals surface area contributed by atoms with E-state index in [1.165, 1.54) is 0 Å². The predicted molar refractivity (Wildman–Crippen MR) is 155 cm³/mol. The number of aliphatic hydroxyl groups excluding tert-OH is 1. The maximum absolute atomic E-state index is 16.5. The molecule has 2 aromatic rings. The van der Waals surface area contributed by atoms with Gasteiger partial charge in [-0.2, -0.15) is 0 Å². The fraction of sp³-hybridized carbons (Fsp3) is 0.536. The number of ether oxygens (including phenoxy) is 4. The lowest BCUT2D eigenvalue weighted by Gasteiger charge is -2.47. The van der Waals surface area contributed by atoms with Crippen molar-refractivity contribution in [1.82, 2.24) is 0 Å². The molecule has 238 valence electrons. The summed E-state index contributed by atoms with van der Waals surface area (Å²) in [6, 6.07) is 15.8. The average Bonchev–Trinajstić information content (AvgIpc) is 3.04. The van der Waals surface area contributed by atoms with Gasteiger partial charge in [0.25, 0.3) is 0 Å². The molecule has 1 saturated heterocycles. The van der Waals surface area contributed by atoms with E-state index in [2.05, 4.69) is 30.1 Å². The van der Waals surface area contributed by atoms with E-state index < -0.39 is 73.4 Å². The highest BCUT2D eigenvalue weighted by atomic mass is 19.1. The standard InChI is InChI=1S/C28H32FN9O7/c29-23-26(42-14-16-7-3-1-4-8-16)21(13-33-36-30)44-28(27(23)43-15-17-9-5-2-6-10-17)45-25-20(35-38-32)12-19(34-37-31)18(24(25)41)11-22(39)40/h1-10,18-21,23-28,41H,11-15H2,(H,39,40)/t18-,19+,20-,21+,23+,24-,25+,26+,27+,28+/m0/s1. The van der Waals surface area contributed by atoms with Crippen LogP contribution in [-0.4, -0.2) is 77.8 Å². The number of carboxylic acids is 1. The topological polar surface area (TPSA) is 241 Å². The van der Waals surface area contributed by atoms with Gasteiger partial charge in [0.15, 0.2) is 12.5 Å². The molecule has 1 saturated carbocycles. The lowest BCUT2D eigenvalue weighted by Crippen LogP contribution is -2.62. The summed E-state index contributed by atoms with van der Waals surface area (Å²) >= 11 is 0. The van der Waals surface area contributed by atoms with Gasteiger partial charge in [-0.15, -0.1) is 0 Å². The molecule has 1 aliphatic heterocycles. The molecule has 2 fully saturated rings. The van der Waals surface area contributed by atoms with Gasteiger partial charge in [-0.25, -0.2) is 4.39 Å². The summed E-state index contributed by atoms with van der Waals surface area (Å²) in [7, 11) is 0. The van der Waals surface area contributed by atoms with Crippen LogP contribution in [0.3, 0.4) is 0 Å². The molecular weight excluding hydrogens is 593 g/mol. The van der Waals surface area contributed by atoms with Crippen LogP contribution in [0.1, 0.15) is 24.0 Å². The van der Waals surface area contributed by atoms with Crippen LogP contribution >= 0.6 is 0 Å². The first-order valence-corrected chi connectivity index (χ1v) is 14.1. The summed E-state index contributed by atoms with van der Waals surface area (Å²) in [6.45, 7) is -0.388. The van der Waals surface area contributed by atoms with Gasteiger partial charge in [0.1, 0.15) is 12.2 Å². The Labute approximate surface area is 256 Å². The fourth-order valence-corrected chi connectivity index (χ4v) is 5.56. The zero-order valence-electron chi connectivity index (χ0n) is 23.9. The number of alkyl halides is 1. The van der Waals surface area contributed by atoms with Crippen LogP contribution in [0.25, 0.3) is 31.3 Å². The molecule has 0 unspecified atom stereocenters. The average molecular weight is 626 g/mol. The summed E-state index contributed by atoms with van der Waals surface area (Å²) in [6.07, 6.45) is -11.1. The Balaban J connectivity index is 1.66. The number of halogens is 1. The second kappa shape index (κ2) is 16.6. The molecule has 0 spiro atoms. The molecule has 2 aliphatic rings. The quantitative estimate of drug-likeness (QED) is 0.163. The molecule has 0 radical (unpaired) electrons. The van der Waals surface area contributed by atoms with Gasteiger partial charge in [-0.3, -0.25) is 4.79 Å². The third-order valence-corrected chi connectivity index (χ3v) is 7.70. The van der Waals surface area contributed by atoms with Crippen LogP contribution in [0.15, 0.2) is 76.0 Å². The van der Waals surface area contributed by atoms with E-state index in [4.69, 9.17) is 30.0 Å².